The maximum atomic E-state index is 11.0. The second-order valence-electron chi connectivity index (χ2n) is 5.67. The summed E-state index contributed by atoms with van der Waals surface area (Å²) in [6, 6.07) is 8.31. The zero-order valence-corrected chi connectivity index (χ0v) is 12.3. The lowest BCUT2D eigenvalue weighted by molar-refractivity contribution is -0.143. The van der Waals surface area contributed by atoms with E-state index in [0.29, 0.717) is 0 Å². The van der Waals surface area contributed by atoms with E-state index in [2.05, 4.69) is 24.0 Å². The van der Waals surface area contributed by atoms with E-state index in [1.54, 1.807) is 0 Å². The topological polar surface area (TPSA) is 58.4 Å². The Hall–Kier alpha value is -1.88. The Labute approximate surface area is 124 Å². The number of para-hydroxylation sites is 1. The summed E-state index contributed by atoms with van der Waals surface area (Å²) in [5, 5.41) is 15.0. The molecular weight excluding hydrogens is 266 g/mol. The first-order chi connectivity index (χ1) is 10.2. The highest BCUT2D eigenvalue weighted by Gasteiger charge is 2.25. The van der Waals surface area contributed by atoms with Crippen LogP contribution in [0.3, 0.4) is 0 Å². The molecule has 112 valence electrons. The number of hydrogen-bond donors (Lipinski definition) is 1. The van der Waals surface area contributed by atoms with Gasteiger partial charge >= 0.3 is 5.97 Å². The van der Waals surface area contributed by atoms with Crippen molar-refractivity contribution < 1.29 is 9.90 Å². The number of carboxylic acids is 1. The van der Waals surface area contributed by atoms with Gasteiger partial charge in [0.05, 0.1) is 17.1 Å². The number of likely N-dealkylation sites (tertiary alicyclic amines) is 1. The minimum absolute atomic E-state index is 0.175. The van der Waals surface area contributed by atoms with E-state index in [0.717, 1.165) is 44.7 Å². The number of rotatable bonds is 4. The molecule has 0 spiro atoms. The van der Waals surface area contributed by atoms with E-state index in [-0.39, 0.29) is 5.92 Å². The largest absolute Gasteiger partial charge is 0.481 e. The van der Waals surface area contributed by atoms with Crippen LogP contribution in [0.25, 0.3) is 10.9 Å². The van der Waals surface area contributed by atoms with Crippen molar-refractivity contribution in [2.45, 2.75) is 32.9 Å². The molecule has 0 aliphatic carbocycles. The number of aryl methyl sites for hydroxylation is 1. The van der Waals surface area contributed by atoms with Crippen molar-refractivity contribution in [3.63, 3.8) is 0 Å². The quantitative estimate of drug-likeness (QED) is 0.938. The van der Waals surface area contributed by atoms with Gasteiger partial charge in [0.1, 0.15) is 0 Å². The highest BCUT2D eigenvalue weighted by Crippen LogP contribution is 2.23. The number of aromatic nitrogens is 2. The third-order valence-corrected chi connectivity index (χ3v) is 4.34. The molecule has 1 saturated heterocycles. The third-order valence-electron chi connectivity index (χ3n) is 4.34. The standard InChI is InChI=1S/C16H21N3O2/c1-2-19-15-6-4-3-5-13(15)14(17-19)11-18-9-7-12(8-10-18)16(20)21/h3-6,12H,2,7-11H2,1H3,(H,20,21). The summed E-state index contributed by atoms with van der Waals surface area (Å²) in [7, 11) is 0. The molecule has 0 bridgehead atoms. The first-order valence-electron chi connectivity index (χ1n) is 7.58. The number of benzene rings is 1. The van der Waals surface area contributed by atoms with Gasteiger partial charge in [-0.1, -0.05) is 18.2 Å². The average molecular weight is 287 g/mol. The molecule has 3 rings (SSSR count). The van der Waals surface area contributed by atoms with Crippen LogP contribution in [0.15, 0.2) is 24.3 Å². The van der Waals surface area contributed by atoms with Crippen LogP contribution in [0.1, 0.15) is 25.5 Å². The van der Waals surface area contributed by atoms with Crippen LogP contribution in [0.5, 0.6) is 0 Å². The number of aliphatic carboxylic acids is 1. The summed E-state index contributed by atoms with van der Waals surface area (Å²) in [6.45, 7) is 5.44. The summed E-state index contributed by atoms with van der Waals surface area (Å²) in [6.07, 6.45) is 1.48. The molecule has 2 aromatic rings. The first kappa shape index (κ1) is 14.1. The van der Waals surface area contributed by atoms with Gasteiger partial charge in [-0.05, 0) is 38.9 Å². The van der Waals surface area contributed by atoms with Crippen LogP contribution >= 0.6 is 0 Å². The monoisotopic (exact) mass is 287 g/mol. The molecule has 1 N–H and O–H groups in total. The second-order valence-corrected chi connectivity index (χ2v) is 5.67. The number of nitrogens with zero attached hydrogens (tertiary/aromatic N) is 3. The Morgan fingerprint density at radius 3 is 2.71 bits per heavy atom. The van der Waals surface area contributed by atoms with Crippen LogP contribution in [-0.2, 0) is 17.9 Å². The first-order valence-corrected chi connectivity index (χ1v) is 7.58. The van der Waals surface area contributed by atoms with Crippen molar-refractivity contribution >= 4 is 16.9 Å². The van der Waals surface area contributed by atoms with Gasteiger partial charge < -0.3 is 5.11 Å². The molecule has 0 radical (unpaired) electrons. The van der Waals surface area contributed by atoms with E-state index in [1.807, 2.05) is 16.8 Å². The lowest BCUT2D eigenvalue weighted by Crippen LogP contribution is -2.36. The molecule has 1 fully saturated rings. The predicted molar refractivity (Wildman–Crippen MR) is 81.0 cm³/mol. The predicted octanol–water partition coefficient (Wildman–Crippen LogP) is 2.35. The molecule has 0 unspecified atom stereocenters. The maximum Gasteiger partial charge on any atom is 0.306 e. The molecule has 1 aliphatic heterocycles. The van der Waals surface area contributed by atoms with Crippen molar-refractivity contribution in [3.8, 4) is 0 Å². The van der Waals surface area contributed by atoms with Gasteiger partial charge in [0.15, 0.2) is 0 Å². The highest BCUT2D eigenvalue weighted by molar-refractivity contribution is 5.81. The van der Waals surface area contributed by atoms with Crippen molar-refractivity contribution in [2.24, 2.45) is 5.92 Å². The van der Waals surface area contributed by atoms with Crippen molar-refractivity contribution in [1.29, 1.82) is 0 Å². The molecule has 21 heavy (non-hydrogen) atoms. The molecule has 5 nitrogen and oxygen atoms in total. The fourth-order valence-corrected chi connectivity index (χ4v) is 3.10. The van der Waals surface area contributed by atoms with Crippen LogP contribution in [0.2, 0.25) is 0 Å². The molecule has 0 atom stereocenters. The number of carboxylic acid groups (broad SMARTS) is 1. The van der Waals surface area contributed by atoms with Gasteiger partial charge in [-0.15, -0.1) is 0 Å². The van der Waals surface area contributed by atoms with Gasteiger partial charge in [-0.25, -0.2) is 0 Å². The maximum absolute atomic E-state index is 11.0. The smallest absolute Gasteiger partial charge is 0.306 e. The van der Waals surface area contributed by atoms with Gasteiger partial charge in [0.25, 0.3) is 0 Å². The number of piperidine rings is 1. The van der Waals surface area contributed by atoms with Crippen molar-refractivity contribution in [3.05, 3.63) is 30.0 Å². The van der Waals surface area contributed by atoms with Gasteiger partial charge in [0.2, 0.25) is 0 Å². The molecular formula is C16H21N3O2. The fraction of sp³-hybridized carbons (Fsp3) is 0.500. The average Bonchev–Trinajstić information content (AvgIpc) is 2.86. The normalized spacial score (nSPS) is 17.4. The van der Waals surface area contributed by atoms with Gasteiger partial charge in [0, 0.05) is 18.5 Å². The molecule has 1 aliphatic rings. The van der Waals surface area contributed by atoms with Gasteiger partial charge in [-0.3, -0.25) is 14.4 Å². The summed E-state index contributed by atoms with van der Waals surface area (Å²) in [4.78, 5) is 13.3. The Balaban J connectivity index is 1.75. The Morgan fingerprint density at radius 2 is 2.05 bits per heavy atom. The summed E-state index contributed by atoms with van der Waals surface area (Å²) in [5.41, 5.74) is 2.27. The van der Waals surface area contributed by atoms with E-state index < -0.39 is 5.97 Å². The summed E-state index contributed by atoms with van der Waals surface area (Å²) in [5.74, 6) is -0.832. The van der Waals surface area contributed by atoms with Crippen LogP contribution in [0, 0.1) is 5.92 Å². The number of carbonyl (C=O) groups is 1. The Bertz CT molecular complexity index is 642. The molecule has 0 saturated carbocycles. The van der Waals surface area contributed by atoms with Crippen molar-refractivity contribution in [1.82, 2.24) is 14.7 Å². The number of fused-ring (bicyclic) bond motifs is 1. The highest BCUT2D eigenvalue weighted by atomic mass is 16.4. The van der Waals surface area contributed by atoms with Gasteiger partial charge in [-0.2, -0.15) is 5.10 Å². The molecule has 1 aromatic heterocycles. The minimum Gasteiger partial charge on any atom is -0.481 e. The lowest BCUT2D eigenvalue weighted by Gasteiger charge is -2.29. The zero-order valence-electron chi connectivity index (χ0n) is 12.3. The van der Waals surface area contributed by atoms with E-state index in [4.69, 9.17) is 10.2 Å². The van der Waals surface area contributed by atoms with Crippen molar-refractivity contribution in [2.75, 3.05) is 13.1 Å². The van der Waals surface area contributed by atoms with E-state index in [1.165, 1.54) is 10.9 Å². The van der Waals surface area contributed by atoms with Crippen LogP contribution < -0.4 is 0 Å². The molecule has 1 aromatic carbocycles. The van der Waals surface area contributed by atoms with E-state index in [9.17, 15) is 4.79 Å². The number of hydrogen-bond acceptors (Lipinski definition) is 3. The minimum atomic E-state index is -0.657. The fourth-order valence-electron chi connectivity index (χ4n) is 3.10. The molecule has 2 heterocycles. The summed E-state index contributed by atoms with van der Waals surface area (Å²) < 4.78 is 2.04. The second kappa shape index (κ2) is 5.85. The lowest BCUT2D eigenvalue weighted by atomic mass is 9.97. The third kappa shape index (κ3) is 2.78. The van der Waals surface area contributed by atoms with E-state index >= 15 is 0 Å². The van der Waals surface area contributed by atoms with Crippen LogP contribution in [-0.4, -0.2) is 38.8 Å². The van der Waals surface area contributed by atoms with Crippen LogP contribution in [0.4, 0.5) is 0 Å². The zero-order chi connectivity index (χ0) is 14.8. The summed E-state index contributed by atoms with van der Waals surface area (Å²) >= 11 is 0. The molecule has 0 amide bonds. The Morgan fingerprint density at radius 1 is 1.33 bits per heavy atom. The Kier molecular flexibility index (Phi) is 3.92. The SMILES string of the molecule is CCn1nc(CN2CCC(C(=O)O)CC2)c2ccccc21. The molecule has 5 heteroatoms.